The molecule has 0 heterocycles. The van der Waals surface area contributed by atoms with E-state index >= 15 is 0 Å². The highest BCUT2D eigenvalue weighted by molar-refractivity contribution is 6.99. The van der Waals surface area contributed by atoms with Gasteiger partial charge in [-0.2, -0.15) is 5.26 Å². The van der Waals surface area contributed by atoms with Gasteiger partial charge in [0.25, 0.3) is 8.32 Å². The van der Waals surface area contributed by atoms with Crippen molar-refractivity contribution in [2.24, 2.45) is 0 Å². The van der Waals surface area contributed by atoms with Gasteiger partial charge in [0.15, 0.2) is 0 Å². The molecule has 3 rings (SSSR count). The van der Waals surface area contributed by atoms with Crippen LogP contribution in [0.25, 0.3) is 0 Å². The second-order valence-corrected chi connectivity index (χ2v) is 13.1. The monoisotopic (exact) mass is 428 g/mol. The van der Waals surface area contributed by atoms with Crippen molar-refractivity contribution in [2.75, 3.05) is 18.5 Å². The van der Waals surface area contributed by atoms with Crippen LogP contribution in [0.15, 0.2) is 84.9 Å². The fourth-order valence-electron chi connectivity index (χ4n) is 4.15. The third-order valence-electron chi connectivity index (χ3n) is 5.63. The fourth-order valence-corrected chi connectivity index (χ4v) is 8.75. The molecule has 0 saturated carbocycles. The number of benzene rings is 3. The zero-order valence-electron chi connectivity index (χ0n) is 18.8. The highest BCUT2D eigenvalue weighted by Crippen LogP contribution is 2.36. The number of nitrogens with one attached hydrogen (secondary N) is 1. The van der Waals surface area contributed by atoms with Crippen LogP contribution in [-0.4, -0.2) is 21.5 Å². The first-order valence-electron chi connectivity index (χ1n) is 11.0. The van der Waals surface area contributed by atoms with Crippen LogP contribution in [0.2, 0.25) is 5.04 Å². The molecule has 1 N–H and O–H groups in total. The molecule has 0 atom stereocenters. The fraction of sp³-hybridized carbons (Fsp3) is 0.296. The summed E-state index contributed by atoms with van der Waals surface area (Å²) in [6, 6.07) is 31.3. The van der Waals surface area contributed by atoms with Crippen LogP contribution >= 0.6 is 0 Å². The van der Waals surface area contributed by atoms with E-state index in [9.17, 15) is 0 Å². The van der Waals surface area contributed by atoms with E-state index in [0.29, 0.717) is 5.56 Å². The second-order valence-electron chi connectivity index (χ2n) is 8.84. The number of hydrogen-bond acceptors (Lipinski definition) is 3. The summed E-state index contributed by atoms with van der Waals surface area (Å²) >= 11 is 0. The van der Waals surface area contributed by atoms with E-state index < -0.39 is 8.32 Å². The molecule has 0 aromatic heterocycles. The van der Waals surface area contributed by atoms with E-state index in [1.807, 2.05) is 24.3 Å². The molecule has 0 spiro atoms. The van der Waals surface area contributed by atoms with E-state index in [-0.39, 0.29) is 5.04 Å². The molecule has 0 bridgehead atoms. The molecule has 31 heavy (non-hydrogen) atoms. The summed E-state index contributed by atoms with van der Waals surface area (Å²) in [6.07, 6.45) is 1.99. The highest BCUT2D eigenvalue weighted by Gasteiger charge is 2.49. The standard InChI is InChI=1S/C27H32N2OSi/c1-27(2,3)31(25-15-6-4-7-16-25,26-17-8-5-9-18-26)30-20-11-10-19-29-24-14-12-13-23(21-24)22-28/h4-9,12-18,21,29H,10-11,19-20H2,1-3H3. The molecule has 3 aromatic rings. The van der Waals surface area contributed by atoms with Gasteiger partial charge in [0.1, 0.15) is 0 Å². The second kappa shape index (κ2) is 10.4. The van der Waals surface area contributed by atoms with Crippen molar-refractivity contribution in [3.8, 4) is 6.07 Å². The first-order valence-corrected chi connectivity index (χ1v) is 12.9. The average molecular weight is 429 g/mol. The smallest absolute Gasteiger partial charge is 0.261 e. The lowest BCUT2D eigenvalue weighted by Crippen LogP contribution is -2.66. The molecule has 0 aliphatic carbocycles. The Labute approximate surface area is 187 Å². The van der Waals surface area contributed by atoms with Crippen LogP contribution < -0.4 is 15.7 Å². The van der Waals surface area contributed by atoms with E-state index in [1.165, 1.54) is 10.4 Å². The van der Waals surface area contributed by atoms with Gasteiger partial charge in [-0.25, -0.2) is 0 Å². The van der Waals surface area contributed by atoms with Crippen molar-refractivity contribution >= 4 is 24.4 Å². The Hall–Kier alpha value is -2.87. The van der Waals surface area contributed by atoms with Crippen molar-refractivity contribution in [1.82, 2.24) is 0 Å². The summed E-state index contributed by atoms with van der Waals surface area (Å²) in [5, 5.41) is 15.1. The molecule has 0 fully saturated rings. The molecule has 160 valence electrons. The van der Waals surface area contributed by atoms with E-state index in [4.69, 9.17) is 9.69 Å². The molecule has 4 heteroatoms. The van der Waals surface area contributed by atoms with Gasteiger partial charge in [0, 0.05) is 18.8 Å². The quantitative estimate of drug-likeness (QED) is 0.370. The molecule has 3 nitrogen and oxygen atoms in total. The summed E-state index contributed by atoms with van der Waals surface area (Å²) in [5.74, 6) is 0. The van der Waals surface area contributed by atoms with Gasteiger partial charge in [-0.05, 0) is 46.5 Å². The number of nitriles is 1. The number of nitrogens with zero attached hydrogens (tertiary/aromatic N) is 1. The normalized spacial score (nSPS) is 11.7. The summed E-state index contributed by atoms with van der Waals surface area (Å²) in [5.41, 5.74) is 1.67. The minimum atomic E-state index is -2.44. The predicted molar refractivity (Wildman–Crippen MR) is 132 cm³/mol. The largest absolute Gasteiger partial charge is 0.407 e. The first-order chi connectivity index (χ1) is 15.0. The molecule has 0 radical (unpaired) electrons. The van der Waals surface area contributed by atoms with Crippen molar-refractivity contribution in [2.45, 2.75) is 38.7 Å². The van der Waals surface area contributed by atoms with Crippen LogP contribution in [0, 0.1) is 11.3 Å². The van der Waals surface area contributed by atoms with Crippen LogP contribution in [0.4, 0.5) is 5.69 Å². The van der Waals surface area contributed by atoms with Gasteiger partial charge in [0.05, 0.1) is 11.6 Å². The van der Waals surface area contributed by atoms with E-state index in [1.54, 1.807) is 0 Å². The Morgan fingerprint density at radius 3 is 2.00 bits per heavy atom. The Balaban J connectivity index is 1.69. The van der Waals surface area contributed by atoms with Crippen LogP contribution in [-0.2, 0) is 4.43 Å². The Kier molecular flexibility index (Phi) is 7.68. The van der Waals surface area contributed by atoms with Crippen molar-refractivity contribution in [3.63, 3.8) is 0 Å². The van der Waals surface area contributed by atoms with Crippen LogP contribution in [0.5, 0.6) is 0 Å². The van der Waals surface area contributed by atoms with Crippen molar-refractivity contribution in [1.29, 1.82) is 5.26 Å². The summed E-state index contributed by atoms with van der Waals surface area (Å²) in [7, 11) is -2.44. The molecule has 0 unspecified atom stereocenters. The number of hydrogen-bond donors (Lipinski definition) is 1. The summed E-state index contributed by atoms with van der Waals surface area (Å²) in [6.45, 7) is 8.51. The molecule has 0 saturated heterocycles. The van der Waals surface area contributed by atoms with E-state index in [2.05, 4.69) is 92.8 Å². The average Bonchev–Trinajstić information content (AvgIpc) is 2.79. The lowest BCUT2D eigenvalue weighted by atomic mass is 10.2. The van der Waals surface area contributed by atoms with Crippen LogP contribution in [0.3, 0.4) is 0 Å². The molecular formula is C27H32N2OSi. The van der Waals surface area contributed by atoms with Gasteiger partial charge in [-0.15, -0.1) is 0 Å². The minimum Gasteiger partial charge on any atom is -0.407 e. The maximum absolute atomic E-state index is 9.04. The van der Waals surface area contributed by atoms with Gasteiger partial charge in [-0.3, -0.25) is 0 Å². The van der Waals surface area contributed by atoms with Gasteiger partial charge < -0.3 is 9.74 Å². The SMILES string of the molecule is CC(C)(C)[Si](OCCCCNc1cccc(C#N)c1)(c1ccccc1)c1ccccc1. The van der Waals surface area contributed by atoms with Gasteiger partial charge in [0.2, 0.25) is 0 Å². The third-order valence-corrected chi connectivity index (χ3v) is 10.7. The zero-order valence-corrected chi connectivity index (χ0v) is 19.8. The van der Waals surface area contributed by atoms with Gasteiger partial charge in [-0.1, -0.05) is 87.5 Å². The number of rotatable bonds is 9. The maximum atomic E-state index is 9.04. The summed E-state index contributed by atoms with van der Waals surface area (Å²) in [4.78, 5) is 0. The molecule has 0 amide bonds. The molecule has 0 aliphatic heterocycles. The third kappa shape index (κ3) is 5.44. The lowest BCUT2D eigenvalue weighted by Gasteiger charge is -2.43. The Bertz CT molecular complexity index is 951. The minimum absolute atomic E-state index is 0.00565. The van der Waals surface area contributed by atoms with Crippen LogP contribution in [0.1, 0.15) is 39.2 Å². The maximum Gasteiger partial charge on any atom is 0.261 e. The van der Waals surface area contributed by atoms with E-state index in [0.717, 1.165) is 31.7 Å². The molecule has 0 aliphatic rings. The van der Waals surface area contributed by atoms with Gasteiger partial charge >= 0.3 is 0 Å². The lowest BCUT2D eigenvalue weighted by molar-refractivity contribution is 0.290. The highest BCUT2D eigenvalue weighted by atomic mass is 28.4. The molecular weight excluding hydrogens is 396 g/mol. The predicted octanol–water partition coefficient (Wildman–Crippen LogP) is 5.33. The first kappa shape index (κ1) is 22.8. The van der Waals surface area contributed by atoms with Crippen molar-refractivity contribution in [3.05, 3.63) is 90.5 Å². The molecule has 3 aromatic carbocycles. The Morgan fingerprint density at radius 2 is 1.45 bits per heavy atom. The Morgan fingerprint density at radius 1 is 0.839 bits per heavy atom. The van der Waals surface area contributed by atoms with Crippen molar-refractivity contribution < 1.29 is 4.43 Å². The summed E-state index contributed by atoms with van der Waals surface area (Å²) < 4.78 is 6.92. The topological polar surface area (TPSA) is 45.0 Å². The zero-order chi connectivity index (χ0) is 22.2. The number of anilines is 1. The number of unbranched alkanes of at least 4 members (excludes halogenated alkanes) is 1.